The molecule has 3 heterocycles. The fourth-order valence-corrected chi connectivity index (χ4v) is 4.73. The Bertz CT molecular complexity index is 1270. The van der Waals surface area contributed by atoms with E-state index in [-0.39, 0.29) is 33.2 Å². The van der Waals surface area contributed by atoms with Gasteiger partial charge < -0.3 is 9.73 Å². The van der Waals surface area contributed by atoms with Crippen LogP contribution in [0.3, 0.4) is 0 Å². The fraction of sp³-hybridized carbons (Fsp3) is 0. The van der Waals surface area contributed by atoms with Gasteiger partial charge in [0.05, 0.1) is 4.34 Å². The van der Waals surface area contributed by atoms with Crippen LogP contribution in [0.25, 0.3) is 11.2 Å². The number of carbonyl (C=O) groups is 1. The number of aromatic nitrogens is 2. The van der Waals surface area contributed by atoms with E-state index in [1.54, 1.807) is 24.3 Å². The normalized spacial score (nSPS) is 11.5. The van der Waals surface area contributed by atoms with Gasteiger partial charge in [-0.1, -0.05) is 29.8 Å². The van der Waals surface area contributed by atoms with Gasteiger partial charge in [-0.2, -0.15) is 4.98 Å². The monoisotopic (exact) mass is 434 g/mol. The van der Waals surface area contributed by atoms with Crippen LogP contribution in [-0.4, -0.2) is 24.3 Å². The minimum atomic E-state index is -3.87. The van der Waals surface area contributed by atoms with E-state index in [1.807, 2.05) is 6.07 Å². The van der Waals surface area contributed by atoms with Gasteiger partial charge in [-0.3, -0.25) is 4.79 Å². The Labute approximate surface area is 168 Å². The maximum atomic E-state index is 12.3. The summed E-state index contributed by atoms with van der Waals surface area (Å²) < 4.78 is 32.6. The first kappa shape index (κ1) is 18.4. The van der Waals surface area contributed by atoms with Crippen molar-refractivity contribution in [1.82, 2.24) is 9.97 Å². The molecule has 8 nitrogen and oxygen atoms in total. The van der Waals surface area contributed by atoms with Gasteiger partial charge in [-0.25, -0.2) is 18.1 Å². The third-order valence-corrected chi connectivity index (χ3v) is 6.61. The first-order chi connectivity index (χ1) is 13.4. The number of oxazole rings is 1. The Hall–Kier alpha value is -2.95. The lowest BCUT2D eigenvalue weighted by molar-refractivity contribution is 0.102. The molecule has 0 atom stereocenters. The number of nitrogens with zero attached hydrogens (tertiary/aromatic N) is 2. The Morgan fingerprint density at radius 3 is 2.54 bits per heavy atom. The molecule has 0 aliphatic carbocycles. The number of anilines is 2. The van der Waals surface area contributed by atoms with Crippen LogP contribution in [0.2, 0.25) is 4.34 Å². The van der Waals surface area contributed by atoms with Gasteiger partial charge in [0.2, 0.25) is 5.65 Å². The van der Waals surface area contributed by atoms with Crippen LogP contribution < -0.4 is 10.0 Å². The molecule has 0 spiro atoms. The molecular formula is C17H11ClN4O4S2. The molecule has 0 fully saturated rings. The number of hydrogen-bond donors (Lipinski definition) is 2. The van der Waals surface area contributed by atoms with Gasteiger partial charge in [-0.15, -0.1) is 11.3 Å². The standard InChI is InChI=1S/C17H11ClN4O4S2/c18-12-7-9-14(27-12)28(24,25)22-17-21-15-11(26-17)6-8-13(19-15)20-16(23)10-4-2-1-3-5-10/h1-9H,(H2,19,20,21,22,23). The predicted octanol–water partition coefficient (Wildman–Crippen LogP) is 3.99. The first-order valence-corrected chi connectivity index (χ1v) is 10.5. The van der Waals surface area contributed by atoms with Gasteiger partial charge in [0.25, 0.3) is 15.9 Å². The third-order valence-electron chi connectivity index (χ3n) is 3.57. The molecule has 28 heavy (non-hydrogen) atoms. The van der Waals surface area contributed by atoms with Gasteiger partial charge in [-0.05, 0) is 36.4 Å². The summed E-state index contributed by atoms with van der Waals surface area (Å²) in [7, 11) is -3.87. The highest BCUT2D eigenvalue weighted by Gasteiger charge is 2.20. The van der Waals surface area contributed by atoms with Gasteiger partial charge in [0, 0.05) is 5.56 Å². The van der Waals surface area contributed by atoms with E-state index in [9.17, 15) is 13.2 Å². The third kappa shape index (κ3) is 3.84. The molecule has 3 aromatic heterocycles. The molecule has 0 radical (unpaired) electrons. The van der Waals surface area contributed by atoms with Gasteiger partial charge >= 0.3 is 6.01 Å². The van der Waals surface area contributed by atoms with Crippen molar-refractivity contribution < 1.29 is 17.6 Å². The summed E-state index contributed by atoms with van der Waals surface area (Å²) in [5, 5.41) is 2.65. The molecule has 142 valence electrons. The van der Waals surface area contributed by atoms with E-state index >= 15 is 0 Å². The number of nitrogens with one attached hydrogen (secondary N) is 2. The smallest absolute Gasteiger partial charge is 0.311 e. The van der Waals surface area contributed by atoms with Crippen molar-refractivity contribution >= 4 is 61.9 Å². The molecule has 4 aromatic rings. The van der Waals surface area contributed by atoms with Crippen molar-refractivity contribution in [3.8, 4) is 0 Å². The molecule has 0 saturated carbocycles. The molecule has 1 aromatic carbocycles. The molecule has 11 heteroatoms. The SMILES string of the molecule is O=C(Nc1ccc2oc(NS(=O)(=O)c3ccc(Cl)s3)nc2n1)c1ccccc1. The minimum absolute atomic E-state index is 0.0310. The van der Waals surface area contributed by atoms with Crippen molar-refractivity contribution in [2.45, 2.75) is 4.21 Å². The first-order valence-electron chi connectivity index (χ1n) is 7.83. The van der Waals surface area contributed by atoms with E-state index in [0.29, 0.717) is 9.90 Å². The number of pyridine rings is 1. The molecule has 2 N–H and O–H groups in total. The van der Waals surface area contributed by atoms with Crippen LogP contribution in [0.15, 0.2) is 63.2 Å². The fourth-order valence-electron chi connectivity index (χ4n) is 2.32. The molecule has 0 unspecified atom stereocenters. The van der Waals surface area contributed by atoms with E-state index in [2.05, 4.69) is 20.0 Å². The molecule has 0 bridgehead atoms. The topological polar surface area (TPSA) is 114 Å². The Kier molecular flexibility index (Phi) is 4.75. The average molecular weight is 435 g/mol. The highest BCUT2D eigenvalue weighted by Crippen LogP contribution is 2.28. The number of hydrogen-bond acceptors (Lipinski definition) is 7. The van der Waals surface area contributed by atoms with Crippen LogP contribution in [0.1, 0.15) is 10.4 Å². The van der Waals surface area contributed by atoms with Crippen LogP contribution in [0.5, 0.6) is 0 Å². The maximum absolute atomic E-state index is 12.3. The summed E-state index contributed by atoms with van der Waals surface area (Å²) in [5.74, 6) is -0.0689. The minimum Gasteiger partial charge on any atom is -0.421 e. The van der Waals surface area contributed by atoms with Crippen LogP contribution in [0.4, 0.5) is 11.8 Å². The second-order valence-corrected chi connectivity index (χ2v) is 9.15. The van der Waals surface area contributed by atoms with Crippen molar-refractivity contribution in [2.24, 2.45) is 0 Å². The highest BCUT2D eigenvalue weighted by atomic mass is 35.5. The van der Waals surface area contributed by atoms with Crippen molar-refractivity contribution in [3.05, 3.63) is 64.5 Å². The Morgan fingerprint density at radius 2 is 1.82 bits per heavy atom. The molecular weight excluding hydrogens is 424 g/mol. The van der Waals surface area contributed by atoms with Crippen LogP contribution in [-0.2, 0) is 10.0 Å². The average Bonchev–Trinajstić information content (AvgIpc) is 3.27. The second kappa shape index (κ2) is 7.23. The van der Waals surface area contributed by atoms with Gasteiger partial charge in [0.15, 0.2) is 5.58 Å². The van der Waals surface area contributed by atoms with E-state index in [1.165, 1.54) is 24.3 Å². The maximum Gasteiger partial charge on any atom is 0.311 e. The van der Waals surface area contributed by atoms with E-state index in [0.717, 1.165) is 11.3 Å². The summed E-state index contributed by atoms with van der Waals surface area (Å²) >= 11 is 6.69. The molecule has 4 rings (SSSR count). The summed E-state index contributed by atoms with van der Waals surface area (Å²) in [6.45, 7) is 0. The number of fused-ring (bicyclic) bond motifs is 1. The Morgan fingerprint density at radius 1 is 1.04 bits per heavy atom. The largest absolute Gasteiger partial charge is 0.421 e. The van der Waals surface area contributed by atoms with Crippen molar-refractivity contribution in [2.75, 3.05) is 10.0 Å². The lowest BCUT2D eigenvalue weighted by atomic mass is 10.2. The molecule has 1 amide bonds. The lowest BCUT2D eigenvalue weighted by Gasteiger charge is -2.03. The summed E-state index contributed by atoms with van der Waals surface area (Å²) in [6.07, 6.45) is 0. The van der Waals surface area contributed by atoms with Crippen LogP contribution in [0, 0.1) is 0 Å². The number of benzene rings is 1. The number of sulfonamides is 1. The van der Waals surface area contributed by atoms with E-state index in [4.69, 9.17) is 16.0 Å². The summed E-state index contributed by atoms with van der Waals surface area (Å²) in [4.78, 5) is 20.4. The summed E-state index contributed by atoms with van der Waals surface area (Å²) in [6, 6.07) is 14.4. The number of rotatable bonds is 5. The number of carbonyl (C=O) groups excluding carboxylic acids is 1. The zero-order chi connectivity index (χ0) is 19.7. The van der Waals surface area contributed by atoms with Crippen molar-refractivity contribution in [3.63, 3.8) is 0 Å². The Balaban J connectivity index is 1.56. The number of thiophene rings is 1. The van der Waals surface area contributed by atoms with Crippen LogP contribution >= 0.6 is 22.9 Å². The highest BCUT2D eigenvalue weighted by molar-refractivity contribution is 7.94. The molecule has 0 aliphatic rings. The number of halogens is 1. The lowest BCUT2D eigenvalue weighted by Crippen LogP contribution is -2.12. The number of amides is 1. The summed E-state index contributed by atoms with van der Waals surface area (Å²) in [5.41, 5.74) is 0.889. The zero-order valence-corrected chi connectivity index (χ0v) is 16.3. The zero-order valence-electron chi connectivity index (χ0n) is 13.9. The molecule has 0 aliphatic heterocycles. The van der Waals surface area contributed by atoms with Crippen molar-refractivity contribution in [1.29, 1.82) is 0 Å². The quantitative estimate of drug-likeness (QED) is 0.490. The second-order valence-electron chi connectivity index (χ2n) is 5.52. The molecule has 0 saturated heterocycles. The van der Waals surface area contributed by atoms with Gasteiger partial charge in [0.1, 0.15) is 10.0 Å². The van der Waals surface area contributed by atoms with E-state index < -0.39 is 10.0 Å². The predicted molar refractivity (Wildman–Crippen MR) is 106 cm³/mol.